The zero-order valence-electron chi connectivity index (χ0n) is 17.3. The van der Waals surface area contributed by atoms with Crippen molar-refractivity contribution in [1.82, 2.24) is 24.9 Å². The predicted molar refractivity (Wildman–Crippen MR) is 113 cm³/mol. The van der Waals surface area contributed by atoms with Crippen LogP contribution in [0.4, 0.5) is 5.69 Å². The van der Waals surface area contributed by atoms with Gasteiger partial charge in [-0.3, -0.25) is 19.0 Å². The first-order valence-corrected chi connectivity index (χ1v) is 9.87. The molecule has 0 aliphatic rings. The Kier molecular flexibility index (Phi) is 6.81. The lowest BCUT2D eigenvalue weighted by molar-refractivity contribution is -0.119. The van der Waals surface area contributed by atoms with Gasteiger partial charge >= 0.3 is 5.97 Å². The maximum Gasteiger partial charge on any atom is 0.338 e. The number of benzene rings is 1. The first-order chi connectivity index (χ1) is 14.9. The Morgan fingerprint density at radius 3 is 2.55 bits per heavy atom. The van der Waals surface area contributed by atoms with Gasteiger partial charge in [0, 0.05) is 25.5 Å². The summed E-state index contributed by atoms with van der Waals surface area (Å²) in [6.07, 6.45) is 4.71. The number of aromatic carboxylic acids is 1. The third-order valence-electron chi connectivity index (χ3n) is 4.73. The van der Waals surface area contributed by atoms with Gasteiger partial charge in [0.15, 0.2) is 5.69 Å². The summed E-state index contributed by atoms with van der Waals surface area (Å²) in [5, 5.41) is 22.7. The summed E-state index contributed by atoms with van der Waals surface area (Å²) in [5.41, 5.74) is 1.48. The van der Waals surface area contributed by atoms with Gasteiger partial charge in [0.1, 0.15) is 6.04 Å². The van der Waals surface area contributed by atoms with Crippen molar-refractivity contribution in [3.63, 3.8) is 0 Å². The Labute approximate surface area is 178 Å². The number of rotatable bonds is 9. The fourth-order valence-corrected chi connectivity index (χ4v) is 2.91. The van der Waals surface area contributed by atoms with E-state index in [4.69, 9.17) is 5.11 Å². The molecule has 1 aromatic carbocycles. The Bertz CT molecular complexity index is 1070. The summed E-state index contributed by atoms with van der Waals surface area (Å²) in [7, 11) is 0. The largest absolute Gasteiger partial charge is 0.478 e. The van der Waals surface area contributed by atoms with Gasteiger partial charge in [0.25, 0.3) is 5.91 Å². The van der Waals surface area contributed by atoms with Gasteiger partial charge in [0.05, 0.1) is 17.4 Å². The smallest absolute Gasteiger partial charge is 0.338 e. The number of hydrogen-bond donors (Lipinski definition) is 3. The minimum Gasteiger partial charge on any atom is -0.478 e. The number of aromatic nitrogens is 4. The summed E-state index contributed by atoms with van der Waals surface area (Å²) in [4.78, 5) is 36.4. The number of carboxylic acids is 1. The minimum absolute atomic E-state index is 0.0167. The molecule has 10 nitrogen and oxygen atoms in total. The minimum atomic E-state index is -1.13. The Morgan fingerprint density at radius 1 is 1.16 bits per heavy atom. The molecule has 3 rings (SSSR count). The van der Waals surface area contributed by atoms with Crippen molar-refractivity contribution in [3.05, 3.63) is 65.7 Å². The molecule has 0 aliphatic carbocycles. The highest BCUT2D eigenvalue weighted by atomic mass is 16.4. The lowest BCUT2D eigenvalue weighted by atomic mass is 10.1. The summed E-state index contributed by atoms with van der Waals surface area (Å²) in [6, 6.07) is 8.99. The summed E-state index contributed by atoms with van der Waals surface area (Å²) >= 11 is 0. The van der Waals surface area contributed by atoms with Gasteiger partial charge in [-0.15, -0.1) is 0 Å². The molecule has 0 bridgehead atoms. The SMILES string of the molecule is CCn1cc(NC(=O)C(C)n2cc(C(=O)O)cn2)c(C(=O)NCCc2ccccc2)n1. The summed E-state index contributed by atoms with van der Waals surface area (Å²) < 4.78 is 2.81. The van der Waals surface area contributed by atoms with Crippen LogP contribution in [-0.4, -0.2) is 49.0 Å². The van der Waals surface area contributed by atoms with E-state index in [9.17, 15) is 14.4 Å². The number of carboxylic acid groups (broad SMARTS) is 1. The van der Waals surface area contributed by atoms with E-state index in [0.29, 0.717) is 19.5 Å². The van der Waals surface area contributed by atoms with E-state index in [1.54, 1.807) is 17.8 Å². The topological polar surface area (TPSA) is 131 Å². The predicted octanol–water partition coefficient (Wildman–Crippen LogP) is 1.97. The van der Waals surface area contributed by atoms with Gasteiger partial charge in [-0.1, -0.05) is 30.3 Å². The van der Waals surface area contributed by atoms with Crippen LogP contribution in [-0.2, 0) is 17.8 Å². The Morgan fingerprint density at radius 2 is 1.90 bits per heavy atom. The second-order valence-electron chi connectivity index (χ2n) is 6.92. The van der Waals surface area contributed by atoms with Crippen LogP contribution in [0.15, 0.2) is 48.9 Å². The van der Waals surface area contributed by atoms with Gasteiger partial charge in [-0.05, 0) is 25.8 Å². The van der Waals surface area contributed by atoms with Crippen LogP contribution in [0, 0.1) is 0 Å². The molecule has 2 amide bonds. The second kappa shape index (κ2) is 9.70. The number of aryl methyl sites for hydroxylation is 1. The first kappa shape index (κ1) is 21.8. The molecule has 31 heavy (non-hydrogen) atoms. The monoisotopic (exact) mass is 424 g/mol. The number of carbonyl (C=O) groups is 3. The molecule has 10 heteroatoms. The highest BCUT2D eigenvalue weighted by Crippen LogP contribution is 2.17. The summed E-state index contributed by atoms with van der Waals surface area (Å²) in [5.74, 6) is -1.97. The fraction of sp³-hybridized carbons (Fsp3) is 0.286. The molecule has 1 unspecified atom stereocenters. The zero-order valence-corrected chi connectivity index (χ0v) is 17.3. The van der Waals surface area contributed by atoms with Crippen LogP contribution in [0.5, 0.6) is 0 Å². The molecule has 2 aromatic heterocycles. The van der Waals surface area contributed by atoms with Crippen molar-refractivity contribution >= 4 is 23.5 Å². The van der Waals surface area contributed by atoms with Crippen LogP contribution < -0.4 is 10.6 Å². The Balaban J connectivity index is 1.67. The van der Waals surface area contributed by atoms with Crippen LogP contribution in [0.3, 0.4) is 0 Å². The molecule has 0 spiro atoms. The lowest BCUT2D eigenvalue weighted by Gasteiger charge is -2.12. The van der Waals surface area contributed by atoms with E-state index in [0.717, 1.165) is 5.56 Å². The van der Waals surface area contributed by atoms with Crippen molar-refractivity contribution in [2.45, 2.75) is 32.9 Å². The molecule has 0 radical (unpaired) electrons. The Hall–Kier alpha value is -3.95. The number of nitrogens with one attached hydrogen (secondary N) is 2. The lowest BCUT2D eigenvalue weighted by Crippen LogP contribution is -2.29. The molecule has 0 saturated carbocycles. The molecule has 0 aliphatic heterocycles. The van der Waals surface area contributed by atoms with Crippen molar-refractivity contribution in [3.8, 4) is 0 Å². The zero-order chi connectivity index (χ0) is 22.4. The van der Waals surface area contributed by atoms with Crippen LogP contribution in [0.2, 0.25) is 0 Å². The molecule has 2 heterocycles. The maximum absolute atomic E-state index is 12.7. The van der Waals surface area contributed by atoms with Gasteiger partial charge in [-0.25, -0.2) is 4.79 Å². The number of anilines is 1. The highest BCUT2D eigenvalue weighted by molar-refractivity contribution is 6.03. The number of amides is 2. The third kappa shape index (κ3) is 5.35. The van der Waals surface area contributed by atoms with E-state index in [1.165, 1.54) is 17.1 Å². The normalized spacial score (nSPS) is 11.7. The maximum atomic E-state index is 12.7. The van der Waals surface area contributed by atoms with Gasteiger partial charge in [0.2, 0.25) is 5.91 Å². The number of nitrogens with zero attached hydrogens (tertiary/aromatic N) is 4. The van der Waals surface area contributed by atoms with E-state index in [2.05, 4.69) is 20.8 Å². The fourth-order valence-electron chi connectivity index (χ4n) is 2.91. The van der Waals surface area contributed by atoms with Crippen molar-refractivity contribution < 1.29 is 19.5 Å². The van der Waals surface area contributed by atoms with Gasteiger partial charge in [-0.2, -0.15) is 10.2 Å². The van der Waals surface area contributed by atoms with Crippen LogP contribution in [0.1, 0.15) is 46.3 Å². The van der Waals surface area contributed by atoms with E-state index >= 15 is 0 Å². The highest BCUT2D eigenvalue weighted by Gasteiger charge is 2.22. The average Bonchev–Trinajstić information content (AvgIpc) is 3.41. The molecule has 0 fully saturated rings. The number of carbonyl (C=O) groups excluding carboxylic acids is 2. The average molecular weight is 424 g/mol. The van der Waals surface area contributed by atoms with E-state index in [-0.39, 0.29) is 16.9 Å². The van der Waals surface area contributed by atoms with Crippen molar-refractivity contribution in [2.24, 2.45) is 0 Å². The van der Waals surface area contributed by atoms with Crippen LogP contribution >= 0.6 is 0 Å². The van der Waals surface area contributed by atoms with Crippen molar-refractivity contribution in [1.29, 1.82) is 0 Å². The quantitative estimate of drug-likeness (QED) is 0.481. The third-order valence-corrected chi connectivity index (χ3v) is 4.73. The molecule has 3 N–H and O–H groups in total. The second-order valence-corrected chi connectivity index (χ2v) is 6.92. The molecule has 162 valence electrons. The molecular formula is C21H24N6O4. The van der Waals surface area contributed by atoms with E-state index < -0.39 is 23.8 Å². The first-order valence-electron chi connectivity index (χ1n) is 9.87. The van der Waals surface area contributed by atoms with E-state index in [1.807, 2.05) is 37.3 Å². The molecule has 3 aromatic rings. The molecular weight excluding hydrogens is 400 g/mol. The number of hydrogen-bond acceptors (Lipinski definition) is 5. The molecule has 1 atom stereocenters. The molecule has 0 saturated heterocycles. The van der Waals surface area contributed by atoms with Crippen molar-refractivity contribution in [2.75, 3.05) is 11.9 Å². The van der Waals surface area contributed by atoms with Gasteiger partial charge < -0.3 is 15.7 Å². The van der Waals surface area contributed by atoms with Crippen LogP contribution in [0.25, 0.3) is 0 Å². The standard InChI is InChI=1S/C21H24N6O4/c1-3-26-13-17(24-19(28)14(2)27-12-16(11-23-27)21(30)31)18(25-26)20(29)22-10-9-15-7-5-4-6-8-15/h4-8,11-14H,3,9-10H2,1-2H3,(H,22,29)(H,24,28)(H,30,31). The summed E-state index contributed by atoms with van der Waals surface area (Å²) in [6.45, 7) is 4.40.